The number of nitrogens with one attached hydrogen (secondary N) is 1. The fraction of sp³-hybridized carbons (Fsp3) is 0.294. The lowest BCUT2D eigenvalue weighted by Crippen LogP contribution is -2.38. The van der Waals surface area contributed by atoms with Crippen LogP contribution in [0.3, 0.4) is 0 Å². The Morgan fingerprint density at radius 2 is 2.04 bits per heavy atom. The van der Waals surface area contributed by atoms with Crippen LogP contribution in [0.1, 0.15) is 28.9 Å². The van der Waals surface area contributed by atoms with Gasteiger partial charge in [-0.1, -0.05) is 37.3 Å². The Bertz CT molecular complexity index is 866. The van der Waals surface area contributed by atoms with Crippen LogP contribution in [0.5, 0.6) is 0 Å². The van der Waals surface area contributed by atoms with Crippen molar-refractivity contribution in [1.82, 2.24) is 29.9 Å². The largest absolute Gasteiger partial charge is 0.329 e. The first-order valence-corrected chi connectivity index (χ1v) is 8.07. The average molecular weight is 322 g/mol. The normalized spacial score (nSPS) is 13.8. The van der Waals surface area contributed by atoms with Gasteiger partial charge in [-0.25, -0.2) is 0 Å². The molecule has 7 heteroatoms. The summed E-state index contributed by atoms with van der Waals surface area (Å²) in [7, 11) is 0. The third kappa shape index (κ3) is 2.38. The molecule has 0 fully saturated rings. The first kappa shape index (κ1) is 14.6. The average Bonchev–Trinajstić information content (AvgIpc) is 3.28. The molecule has 0 spiro atoms. The topological polar surface area (TPSA) is 79.7 Å². The molecule has 2 aromatic heterocycles. The van der Waals surface area contributed by atoms with E-state index in [0.717, 1.165) is 35.9 Å². The predicted octanol–water partition coefficient (Wildman–Crippen LogP) is 1.89. The van der Waals surface area contributed by atoms with Crippen molar-refractivity contribution < 1.29 is 4.79 Å². The van der Waals surface area contributed by atoms with Gasteiger partial charge in [-0.2, -0.15) is 5.10 Å². The highest BCUT2D eigenvalue weighted by atomic mass is 16.2. The van der Waals surface area contributed by atoms with Crippen LogP contribution >= 0.6 is 0 Å². The molecule has 1 aromatic carbocycles. The molecular weight excluding hydrogens is 304 g/mol. The molecule has 0 saturated heterocycles. The summed E-state index contributed by atoms with van der Waals surface area (Å²) in [6.07, 6.45) is 2.45. The molecule has 0 saturated carbocycles. The van der Waals surface area contributed by atoms with Crippen molar-refractivity contribution in [3.63, 3.8) is 0 Å². The van der Waals surface area contributed by atoms with Gasteiger partial charge in [0.25, 0.3) is 5.91 Å². The number of aryl methyl sites for hydroxylation is 1. The molecule has 0 unspecified atom stereocenters. The van der Waals surface area contributed by atoms with Crippen LogP contribution in [0.25, 0.3) is 11.3 Å². The van der Waals surface area contributed by atoms with Gasteiger partial charge in [0.05, 0.1) is 24.0 Å². The lowest BCUT2D eigenvalue weighted by molar-refractivity contribution is 0.0707. The van der Waals surface area contributed by atoms with E-state index in [1.807, 2.05) is 30.3 Å². The summed E-state index contributed by atoms with van der Waals surface area (Å²) in [6, 6.07) is 9.76. The number of hydrogen-bond acceptors (Lipinski definition) is 4. The SMILES string of the molecule is CCc1nnc2n1CCN(C(=O)c1cn[nH]c1-c1ccccc1)C2. The molecule has 1 N–H and O–H groups in total. The van der Waals surface area contributed by atoms with E-state index in [2.05, 4.69) is 31.9 Å². The number of H-pyrrole nitrogens is 1. The maximum absolute atomic E-state index is 12.9. The Kier molecular flexibility index (Phi) is 3.60. The third-order valence-electron chi connectivity index (χ3n) is 4.37. The summed E-state index contributed by atoms with van der Waals surface area (Å²) in [6.45, 7) is 3.92. The van der Waals surface area contributed by atoms with Gasteiger partial charge in [-0.05, 0) is 0 Å². The predicted molar refractivity (Wildman–Crippen MR) is 88.2 cm³/mol. The molecule has 0 aliphatic carbocycles. The first-order chi connectivity index (χ1) is 11.8. The first-order valence-electron chi connectivity index (χ1n) is 8.07. The highest BCUT2D eigenvalue weighted by Crippen LogP contribution is 2.23. The molecule has 0 radical (unpaired) electrons. The minimum absolute atomic E-state index is 0.0325. The highest BCUT2D eigenvalue weighted by Gasteiger charge is 2.27. The van der Waals surface area contributed by atoms with Crippen LogP contribution < -0.4 is 0 Å². The molecule has 0 atom stereocenters. The van der Waals surface area contributed by atoms with Gasteiger partial charge in [0, 0.05) is 25.1 Å². The van der Waals surface area contributed by atoms with E-state index in [4.69, 9.17) is 0 Å². The smallest absolute Gasteiger partial charge is 0.258 e. The van der Waals surface area contributed by atoms with Crippen LogP contribution in [-0.4, -0.2) is 42.3 Å². The summed E-state index contributed by atoms with van der Waals surface area (Å²) < 4.78 is 2.11. The Morgan fingerprint density at radius 3 is 2.83 bits per heavy atom. The van der Waals surface area contributed by atoms with Crippen LogP contribution in [0, 0.1) is 0 Å². The number of carbonyl (C=O) groups excluding carboxylic acids is 1. The van der Waals surface area contributed by atoms with E-state index >= 15 is 0 Å². The van der Waals surface area contributed by atoms with Crippen molar-refractivity contribution in [2.45, 2.75) is 26.4 Å². The second kappa shape index (κ2) is 5.92. The molecule has 4 rings (SSSR count). The van der Waals surface area contributed by atoms with Gasteiger partial charge in [0.15, 0.2) is 5.82 Å². The number of benzene rings is 1. The minimum atomic E-state index is -0.0325. The standard InChI is InChI=1S/C17H18N6O/c1-2-14-19-20-15-11-22(8-9-23(14)15)17(24)13-10-18-21-16(13)12-6-4-3-5-7-12/h3-7,10H,2,8-9,11H2,1H3,(H,18,21). The van der Waals surface area contributed by atoms with Crippen LogP contribution in [-0.2, 0) is 19.5 Å². The van der Waals surface area contributed by atoms with Gasteiger partial charge in [-0.3, -0.25) is 9.89 Å². The van der Waals surface area contributed by atoms with Crippen LogP contribution in [0.2, 0.25) is 0 Å². The van der Waals surface area contributed by atoms with Crippen LogP contribution in [0.4, 0.5) is 0 Å². The maximum Gasteiger partial charge on any atom is 0.258 e. The van der Waals surface area contributed by atoms with E-state index in [1.54, 1.807) is 11.1 Å². The van der Waals surface area contributed by atoms with Crippen molar-refractivity contribution in [3.8, 4) is 11.3 Å². The number of fused-ring (bicyclic) bond motifs is 1. The number of amides is 1. The Labute approximate surface area is 139 Å². The molecular formula is C17H18N6O. The van der Waals surface area contributed by atoms with E-state index in [0.29, 0.717) is 18.7 Å². The fourth-order valence-electron chi connectivity index (χ4n) is 3.10. The maximum atomic E-state index is 12.9. The number of aromatic amines is 1. The number of rotatable bonds is 3. The summed E-state index contributed by atoms with van der Waals surface area (Å²) in [5.74, 6) is 1.79. The zero-order valence-electron chi connectivity index (χ0n) is 13.4. The zero-order valence-corrected chi connectivity index (χ0v) is 13.4. The quantitative estimate of drug-likeness (QED) is 0.798. The number of hydrogen-bond donors (Lipinski definition) is 1. The zero-order chi connectivity index (χ0) is 16.5. The van der Waals surface area contributed by atoms with Gasteiger partial charge in [0.1, 0.15) is 5.82 Å². The molecule has 1 aliphatic heterocycles. The molecule has 1 aliphatic rings. The van der Waals surface area contributed by atoms with Crippen molar-refractivity contribution in [1.29, 1.82) is 0 Å². The highest BCUT2D eigenvalue weighted by molar-refractivity contribution is 5.99. The lowest BCUT2D eigenvalue weighted by atomic mass is 10.1. The molecule has 122 valence electrons. The van der Waals surface area contributed by atoms with E-state index < -0.39 is 0 Å². The second-order valence-corrected chi connectivity index (χ2v) is 5.79. The molecule has 1 amide bonds. The van der Waals surface area contributed by atoms with Gasteiger partial charge >= 0.3 is 0 Å². The lowest BCUT2D eigenvalue weighted by Gasteiger charge is -2.27. The summed E-state index contributed by atoms with van der Waals surface area (Å²) in [4.78, 5) is 14.8. The van der Waals surface area contributed by atoms with Gasteiger partial charge in [0.2, 0.25) is 0 Å². The fourth-order valence-corrected chi connectivity index (χ4v) is 3.10. The second-order valence-electron chi connectivity index (χ2n) is 5.79. The molecule has 3 heterocycles. The monoisotopic (exact) mass is 322 g/mol. The summed E-state index contributed by atoms with van der Waals surface area (Å²) >= 11 is 0. The Balaban J connectivity index is 1.61. The van der Waals surface area contributed by atoms with E-state index in [9.17, 15) is 4.79 Å². The van der Waals surface area contributed by atoms with Gasteiger partial charge < -0.3 is 9.47 Å². The molecule has 0 bridgehead atoms. The summed E-state index contributed by atoms with van der Waals surface area (Å²) in [5.41, 5.74) is 2.29. The van der Waals surface area contributed by atoms with E-state index in [-0.39, 0.29) is 5.91 Å². The Hall–Kier alpha value is -2.96. The van der Waals surface area contributed by atoms with Crippen molar-refractivity contribution in [2.24, 2.45) is 0 Å². The molecule has 7 nitrogen and oxygen atoms in total. The van der Waals surface area contributed by atoms with E-state index in [1.165, 1.54) is 0 Å². The minimum Gasteiger partial charge on any atom is -0.329 e. The molecule has 3 aromatic rings. The summed E-state index contributed by atoms with van der Waals surface area (Å²) in [5, 5.41) is 15.4. The third-order valence-corrected chi connectivity index (χ3v) is 4.37. The van der Waals surface area contributed by atoms with Crippen molar-refractivity contribution in [3.05, 3.63) is 53.7 Å². The van der Waals surface area contributed by atoms with Crippen molar-refractivity contribution >= 4 is 5.91 Å². The van der Waals surface area contributed by atoms with Crippen LogP contribution in [0.15, 0.2) is 36.5 Å². The number of aromatic nitrogens is 5. The number of carbonyl (C=O) groups is 1. The molecule has 24 heavy (non-hydrogen) atoms. The Morgan fingerprint density at radius 1 is 1.21 bits per heavy atom. The van der Waals surface area contributed by atoms with Crippen molar-refractivity contribution in [2.75, 3.05) is 6.54 Å². The van der Waals surface area contributed by atoms with Gasteiger partial charge in [-0.15, -0.1) is 10.2 Å². The number of nitrogens with zero attached hydrogens (tertiary/aromatic N) is 5.